The highest BCUT2D eigenvalue weighted by molar-refractivity contribution is 5.96. The van der Waals surface area contributed by atoms with Gasteiger partial charge in [0.05, 0.1) is 22.6 Å². The van der Waals surface area contributed by atoms with Crippen LogP contribution in [-0.4, -0.2) is 37.9 Å². The molecule has 2 amide bonds. The first-order chi connectivity index (χ1) is 18.4. The molecule has 0 aliphatic heterocycles. The fourth-order valence-electron chi connectivity index (χ4n) is 3.80. The van der Waals surface area contributed by atoms with E-state index in [2.05, 4.69) is 39.0 Å². The van der Waals surface area contributed by atoms with Crippen molar-refractivity contribution >= 4 is 28.5 Å². The van der Waals surface area contributed by atoms with Crippen LogP contribution in [0.4, 0.5) is 5.82 Å². The van der Waals surface area contributed by atoms with Gasteiger partial charge in [-0.1, -0.05) is 42.7 Å². The Kier molecular flexibility index (Phi) is 7.89. The minimum absolute atomic E-state index is 0.00334. The topological polar surface area (TPSA) is 145 Å². The highest BCUT2D eigenvalue weighted by Crippen LogP contribution is 2.20. The molecular formula is C28H25N7O3. The lowest BCUT2D eigenvalue weighted by Gasteiger charge is -2.20. The standard InChI is InChI=1S/C28H25N7O3/c1-3-22(36)30-15-8-7-10-19-11-9-14-21-23(19)28(38)35(20-12-5-4-6-13-20)26(34-21)18(2)33-27(37)24-25(29)32-17-16-31-24/h3-6,9,11-14,16-18H,1,8,15H2,2H3,(H2,29,32)(H,30,36)(H,33,37)/t18-/m1/s1. The SMILES string of the molecule is C=CC(=O)NCCC#Cc1cccc2nc([C@@H](C)NC(=O)c3nccnc3N)n(-c3ccccc3)c(=O)c12. The van der Waals surface area contributed by atoms with Gasteiger partial charge < -0.3 is 16.4 Å². The molecule has 2 aromatic heterocycles. The van der Waals surface area contributed by atoms with E-state index in [-0.39, 0.29) is 23.0 Å². The molecule has 4 N–H and O–H groups in total. The number of nitrogens with two attached hydrogens (primary N) is 1. The number of rotatable bonds is 7. The zero-order chi connectivity index (χ0) is 27.1. The van der Waals surface area contributed by atoms with Crippen molar-refractivity contribution in [1.82, 2.24) is 30.2 Å². The summed E-state index contributed by atoms with van der Waals surface area (Å²) in [5, 5.41) is 5.83. The van der Waals surface area contributed by atoms with Crippen LogP contribution in [0.15, 0.2) is 78.4 Å². The maximum absolute atomic E-state index is 13.9. The molecule has 0 aliphatic carbocycles. The van der Waals surface area contributed by atoms with Crippen molar-refractivity contribution in [3.05, 3.63) is 101 Å². The Morgan fingerprint density at radius 2 is 1.89 bits per heavy atom. The number of benzene rings is 2. The minimum atomic E-state index is -0.690. The normalized spacial score (nSPS) is 11.2. The molecule has 10 heteroatoms. The van der Waals surface area contributed by atoms with E-state index < -0.39 is 11.9 Å². The van der Waals surface area contributed by atoms with E-state index >= 15 is 0 Å². The molecule has 10 nitrogen and oxygen atoms in total. The second-order valence-electron chi connectivity index (χ2n) is 8.18. The summed E-state index contributed by atoms with van der Waals surface area (Å²) in [6.45, 7) is 5.49. The molecule has 0 unspecified atom stereocenters. The van der Waals surface area contributed by atoms with Crippen LogP contribution in [0.5, 0.6) is 0 Å². The number of amides is 2. The van der Waals surface area contributed by atoms with Crippen molar-refractivity contribution < 1.29 is 9.59 Å². The molecule has 1 atom stereocenters. The van der Waals surface area contributed by atoms with Gasteiger partial charge in [-0.05, 0) is 37.3 Å². The first-order valence-corrected chi connectivity index (χ1v) is 11.8. The summed E-state index contributed by atoms with van der Waals surface area (Å²) in [6, 6.07) is 13.6. The molecule has 2 aromatic carbocycles. The third-order valence-electron chi connectivity index (χ3n) is 5.57. The molecule has 4 rings (SSSR count). The Morgan fingerprint density at radius 3 is 2.63 bits per heavy atom. The molecule has 4 aromatic rings. The Balaban J connectivity index is 1.77. The maximum Gasteiger partial charge on any atom is 0.274 e. The predicted octanol–water partition coefficient (Wildman–Crippen LogP) is 2.29. The Bertz CT molecular complexity index is 1640. The van der Waals surface area contributed by atoms with E-state index in [0.717, 1.165) is 0 Å². The molecule has 0 spiro atoms. The van der Waals surface area contributed by atoms with E-state index in [1.807, 2.05) is 18.2 Å². The third-order valence-corrected chi connectivity index (χ3v) is 5.57. The van der Waals surface area contributed by atoms with Crippen LogP contribution in [0.3, 0.4) is 0 Å². The van der Waals surface area contributed by atoms with E-state index in [1.54, 1.807) is 37.3 Å². The number of anilines is 1. The molecular weight excluding hydrogens is 482 g/mol. The lowest BCUT2D eigenvalue weighted by molar-refractivity contribution is -0.116. The lowest BCUT2D eigenvalue weighted by Crippen LogP contribution is -2.34. The first-order valence-electron chi connectivity index (χ1n) is 11.8. The van der Waals surface area contributed by atoms with E-state index in [9.17, 15) is 14.4 Å². The third kappa shape index (κ3) is 5.57. The van der Waals surface area contributed by atoms with Crippen molar-refractivity contribution in [2.75, 3.05) is 12.3 Å². The van der Waals surface area contributed by atoms with E-state index in [0.29, 0.717) is 40.9 Å². The minimum Gasteiger partial charge on any atom is -0.382 e. The van der Waals surface area contributed by atoms with Crippen molar-refractivity contribution in [3.63, 3.8) is 0 Å². The highest BCUT2D eigenvalue weighted by Gasteiger charge is 2.22. The summed E-state index contributed by atoms with van der Waals surface area (Å²) in [7, 11) is 0. The number of nitrogens with zero attached hydrogens (tertiary/aromatic N) is 4. The summed E-state index contributed by atoms with van der Waals surface area (Å²) >= 11 is 0. The number of para-hydroxylation sites is 1. The van der Waals surface area contributed by atoms with Gasteiger partial charge in [0.25, 0.3) is 11.5 Å². The van der Waals surface area contributed by atoms with Crippen molar-refractivity contribution in [2.45, 2.75) is 19.4 Å². The fourth-order valence-corrected chi connectivity index (χ4v) is 3.80. The molecule has 0 saturated heterocycles. The Labute approximate surface area is 218 Å². The summed E-state index contributed by atoms with van der Waals surface area (Å²) in [4.78, 5) is 50.8. The van der Waals surface area contributed by atoms with Crippen LogP contribution in [-0.2, 0) is 4.79 Å². The molecule has 190 valence electrons. The zero-order valence-corrected chi connectivity index (χ0v) is 20.6. The smallest absolute Gasteiger partial charge is 0.274 e. The zero-order valence-electron chi connectivity index (χ0n) is 20.6. The monoisotopic (exact) mass is 507 g/mol. The number of nitrogens with one attached hydrogen (secondary N) is 2. The number of carbonyl (C=O) groups is 2. The molecule has 0 saturated carbocycles. The van der Waals surface area contributed by atoms with Gasteiger partial charge >= 0.3 is 0 Å². The number of hydrogen-bond donors (Lipinski definition) is 3. The molecule has 2 heterocycles. The van der Waals surface area contributed by atoms with Crippen LogP contribution >= 0.6 is 0 Å². The van der Waals surface area contributed by atoms with Crippen molar-refractivity contribution in [2.24, 2.45) is 0 Å². The van der Waals surface area contributed by atoms with Gasteiger partial charge in [-0.25, -0.2) is 15.0 Å². The fraction of sp³-hybridized carbons (Fsp3) is 0.143. The Morgan fingerprint density at radius 1 is 1.13 bits per heavy atom. The van der Waals surface area contributed by atoms with Gasteiger partial charge in [0.1, 0.15) is 5.82 Å². The van der Waals surface area contributed by atoms with Gasteiger partial charge in [0.2, 0.25) is 5.91 Å². The van der Waals surface area contributed by atoms with Gasteiger partial charge in [-0.2, -0.15) is 0 Å². The summed E-state index contributed by atoms with van der Waals surface area (Å²) in [5.41, 5.74) is 6.98. The quantitative estimate of drug-likeness (QED) is 0.198. The highest BCUT2D eigenvalue weighted by atomic mass is 16.2. The number of nitrogen functional groups attached to an aromatic ring is 1. The molecule has 0 bridgehead atoms. The number of hydrogen-bond acceptors (Lipinski definition) is 7. The van der Waals surface area contributed by atoms with Crippen molar-refractivity contribution in [1.29, 1.82) is 0 Å². The van der Waals surface area contributed by atoms with Crippen LogP contribution in [0, 0.1) is 11.8 Å². The Hall–Kier alpha value is -5.30. The molecule has 0 fully saturated rings. The average Bonchev–Trinajstić information content (AvgIpc) is 2.93. The maximum atomic E-state index is 13.9. The summed E-state index contributed by atoms with van der Waals surface area (Å²) < 4.78 is 1.46. The van der Waals surface area contributed by atoms with Crippen LogP contribution in [0.25, 0.3) is 16.6 Å². The van der Waals surface area contributed by atoms with E-state index in [1.165, 1.54) is 23.0 Å². The van der Waals surface area contributed by atoms with E-state index in [4.69, 9.17) is 10.7 Å². The van der Waals surface area contributed by atoms with Gasteiger partial charge in [0.15, 0.2) is 11.5 Å². The van der Waals surface area contributed by atoms with Crippen molar-refractivity contribution in [3.8, 4) is 17.5 Å². The molecule has 0 radical (unpaired) electrons. The second-order valence-corrected chi connectivity index (χ2v) is 8.18. The second kappa shape index (κ2) is 11.6. The average molecular weight is 508 g/mol. The summed E-state index contributed by atoms with van der Waals surface area (Å²) in [6.07, 6.45) is 4.35. The van der Waals surface area contributed by atoms with Crippen LogP contribution in [0.2, 0.25) is 0 Å². The number of aromatic nitrogens is 4. The first kappa shape index (κ1) is 25.8. The lowest BCUT2D eigenvalue weighted by atomic mass is 10.1. The van der Waals surface area contributed by atoms with Gasteiger partial charge in [0, 0.05) is 30.9 Å². The molecule has 0 aliphatic rings. The number of carbonyl (C=O) groups excluding carboxylic acids is 2. The largest absolute Gasteiger partial charge is 0.382 e. The van der Waals surface area contributed by atoms with Gasteiger partial charge in [-0.3, -0.25) is 19.0 Å². The van der Waals surface area contributed by atoms with Crippen LogP contribution in [0.1, 0.15) is 41.3 Å². The van der Waals surface area contributed by atoms with Gasteiger partial charge in [-0.15, -0.1) is 0 Å². The number of fused-ring (bicyclic) bond motifs is 1. The summed E-state index contributed by atoms with van der Waals surface area (Å²) in [5.74, 6) is 5.52. The predicted molar refractivity (Wildman–Crippen MR) is 144 cm³/mol. The molecule has 38 heavy (non-hydrogen) atoms. The van der Waals surface area contributed by atoms with Crippen LogP contribution < -0.4 is 21.9 Å².